The smallest absolute Gasteiger partial charge is 0.306 e. The van der Waals surface area contributed by atoms with E-state index in [0.717, 1.165) is 64.2 Å². The monoisotopic (exact) mass is 1150 g/mol. The first-order chi connectivity index (χ1) is 40.5. The minimum Gasteiger partial charge on any atom is -0.462 e. The van der Waals surface area contributed by atoms with Gasteiger partial charge in [-0.3, -0.25) is 14.4 Å². The Balaban J connectivity index is 4.09. The van der Waals surface area contributed by atoms with Crippen molar-refractivity contribution in [2.75, 3.05) is 13.2 Å². The van der Waals surface area contributed by atoms with Crippen molar-refractivity contribution in [1.29, 1.82) is 0 Å². The zero-order chi connectivity index (χ0) is 59.2. The summed E-state index contributed by atoms with van der Waals surface area (Å²) in [6.07, 6.45) is 88.1. The lowest BCUT2D eigenvalue weighted by Gasteiger charge is -2.18. The molecule has 0 rings (SSSR count). The largest absolute Gasteiger partial charge is 0.462 e. The summed E-state index contributed by atoms with van der Waals surface area (Å²) in [6, 6.07) is 0. The average molecular weight is 1150 g/mol. The second-order valence-corrected chi connectivity index (χ2v) is 25.6. The van der Waals surface area contributed by atoms with Crippen molar-refractivity contribution in [3.8, 4) is 0 Å². The topological polar surface area (TPSA) is 78.9 Å². The van der Waals surface area contributed by atoms with E-state index >= 15 is 0 Å². The van der Waals surface area contributed by atoms with Crippen LogP contribution in [-0.2, 0) is 28.6 Å². The number of carbonyl (C=O) groups excluding carboxylic acids is 3. The molecule has 1 atom stereocenters. The molecule has 0 amide bonds. The summed E-state index contributed by atoms with van der Waals surface area (Å²) >= 11 is 0. The molecule has 6 heteroatoms. The lowest BCUT2D eigenvalue weighted by molar-refractivity contribution is -0.167. The standard InChI is InChI=1S/C76H144O6/c1-4-7-10-13-16-19-22-24-26-28-30-32-34-36-37-38-39-41-42-44-46-48-50-52-54-57-60-63-66-69-75(78)81-72-73(71-80-74(77)68-65-62-59-56-21-18-15-12-9-6-3)82-76(79)70-67-64-61-58-55-53-51-49-47-45-43-40-35-33-31-29-27-25-23-20-17-14-11-8-5-2/h23,25,29,31,73H,4-22,24,26-28,30,32-72H2,1-3H3/b25-23-,31-29-. The Morgan fingerprint density at radius 2 is 0.439 bits per heavy atom. The van der Waals surface area contributed by atoms with Crippen molar-refractivity contribution in [2.45, 2.75) is 431 Å². The summed E-state index contributed by atoms with van der Waals surface area (Å²) in [4.78, 5) is 38.4. The van der Waals surface area contributed by atoms with E-state index in [-0.39, 0.29) is 31.1 Å². The Morgan fingerprint density at radius 1 is 0.244 bits per heavy atom. The molecule has 0 aliphatic rings. The van der Waals surface area contributed by atoms with Crippen molar-refractivity contribution in [2.24, 2.45) is 0 Å². The Morgan fingerprint density at radius 3 is 0.671 bits per heavy atom. The lowest BCUT2D eigenvalue weighted by Crippen LogP contribution is -2.30. The summed E-state index contributed by atoms with van der Waals surface area (Å²) in [5.41, 5.74) is 0. The maximum absolute atomic E-state index is 12.9. The first kappa shape index (κ1) is 79.9. The highest BCUT2D eigenvalue weighted by molar-refractivity contribution is 5.71. The van der Waals surface area contributed by atoms with Crippen LogP contribution in [0.15, 0.2) is 24.3 Å². The van der Waals surface area contributed by atoms with Gasteiger partial charge in [-0.05, 0) is 51.4 Å². The molecule has 0 aliphatic carbocycles. The highest BCUT2D eigenvalue weighted by atomic mass is 16.6. The number of rotatable bonds is 70. The van der Waals surface area contributed by atoms with E-state index in [1.54, 1.807) is 0 Å². The number of carbonyl (C=O) groups is 3. The van der Waals surface area contributed by atoms with Crippen LogP contribution in [0.4, 0.5) is 0 Å². The van der Waals surface area contributed by atoms with Gasteiger partial charge in [0, 0.05) is 19.3 Å². The molecule has 1 unspecified atom stereocenters. The zero-order valence-electron chi connectivity index (χ0n) is 55.8. The van der Waals surface area contributed by atoms with Crippen LogP contribution in [0.2, 0.25) is 0 Å². The first-order valence-corrected chi connectivity index (χ1v) is 37.3. The van der Waals surface area contributed by atoms with Crippen molar-refractivity contribution in [1.82, 2.24) is 0 Å². The van der Waals surface area contributed by atoms with E-state index in [1.165, 1.54) is 321 Å². The van der Waals surface area contributed by atoms with Gasteiger partial charge in [0.25, 0.3) is 0 Å². The van der Waals surface area contributed by atoms with Crippen LogP contribution in [0.25, 0.3) is 0 Å². The second-order valence-electron chi connectivity index (χ2n) is 25.6. The maximum atomic E-state index is 12.9. The normalized spacial score (nSPS) is 12.1. The fraction of sp³-hybridized carbons (Fsp3) is 0.908. The molecule has 0 aromatic heterocycles. The van der Waals surface area contributed by atoms with Gasteiger partial charge in [-0.1, -0.05) is 379 Å². The highest BCUT2D eigenvalue weighted by Gasteiger charge is 2.20. The molecule has 0 spiro atoms. The summed E-state index contributed by atoms with van der Waals surface area (Å²) in [6.45, 7) is 6.70. The third-order valence-electron chi connectivity index (χ3n) is 17.2. The molecular weight excluding hydrogens is 1010 g/mol. The van der Waals surface area contributed by atoms with Crippen LogP contribution in [0.3, 0.4) is 0 Å². The fourth-order valence-corrected chi connectivity index (χ4v) is 11.6. The van der Waals surface area contributed by atoms with E-state index < -0.39 is 6.10 Å². The summed E-state index contributed by atoms with van der Waals surface area (Å²) in [5.74, 6) is -0.834. The minimum atomic E-state index is -0.768. The second kappa shape index (κ2) is 71.4. The van der Waals surface area contributed by atoms with Gasteiger partial charge in [-0.15, -0.1) is 0 Å². The van der Waals surface area contributed by atoms with Crippen LogP contribution in [0, 0.1) is 0 Å². The van der Waals surface area contributed by atoms with Gasteiger partial charge in [0.2, 0.25) is 0 Å². The maximum Gasteiger partial charge on any atom is 0.306 e. The number of hydrogen-bond acceptors (Lipinski definition) is 6. The first-order valence-electron chi connectivity index (χ1n) is 37.3. The number of unbranched alkanes of at least 4 members (excludes halogenated alkanes) is 55. The summed E-state index contributed by atoms with van der Waals surface area (Å²) in [7, 11) is 0. The molecule has 0 aromatic carbocycles. The van der Waals surface area contributed by atoms with Crippen LogP contribution >= 0.6 is 0 Å². The van der Waals surface area contributed by atoms with E-state index in [1.807, 2.05) is 0 Å². The molecule has 0 N–H and O–H groups in total. The molecule has 0 radical (unpaired) electrons. The van der Waals surface area contributed by atoms with Crippen molar-refractivity contribution in [3.63, 3.8) is 0 Å². The Labute approximate surface area is 513 Å². The SMILES string of the molecule is CCCCCCC/C=C\C/C=C\CCCCCCCCCCCCCCCC(=O)OC(COC(=O)CCCCCCCCCCCC)COC(=O)CCCCCCCCCCCCCCCCCCCCCCCCCCCCCCC. The quantitative estimate of drug-likeness (QED) is 0.0261. The lowest BCUT2D eigenvalue weighted by atomic mass is 10.0. The van der Waals surface area contributed by atoms with Crippen molar-refractivity contribution in [3.05, 3.63) is 24.3 Å². The van der Waals surface area contributed by atoms with Crippen LogP contribution in [0.5, 0.6) is 0 Å². The van der Waals surface area contributed by atoms with Crippen LogP contribution < -0.4 is 0 Å². The Hall–Kier alpha value is -2.11. The molecule has 82 heavy (non-hydrogen) atoms. The molecular formula is C76H144O6. The van der Waals surface area contributed by atoms with E-state index in [4.69, 9.17) is 14.2 Å². The van der Waals surface area contributed by atoms with Crippen LogP contribution in [-0.4, -0.2) is 37.2 Å². The molecule has 0 fully saturated rings. The van der Waals surface area contributed by atoms with Crippen molar-refractivity contribution < 1.29 is 28.6 Å². The Kier molecular flexibility index (Phi) is 69.5. The van der Waals surface area contributed by atoms with Gasteiger partial charge in [-0.2, -0.15) is 0 Å². The van der Waals surface area contributed by atoms with Gasteiger partial charge in [-0.25, -0.2) is 0 Å². The number of ether oxygens (including phenoxy) is 3. The summed E-state index contributed by atoms with van der Waals surface area (Å²) in [5, 5.41) is 0. The average Bonchev–Trinajstić information content (AvgIpc) is 3.47. The molecule has 484 valence electrons. The number of hydrogen-bond donors (Lipinski definition) is 0. The minimum absolute atomic E-state index is 0.0646. The van der Waals surface area contributed by atoms with Crippen molar-refractivity contribution >= 4 is 17.9 Å². The predicted molar refractivity (Wildman–Crippen MR) is 358 cm³/mol. The van der Waals surface area contributed by atoms with E-state index in [2.05, 4.69) is 45.1 Å². The van der Waals surface area contributed by atoms with E-state index in [9.17, 15) is 14.4 Å². The van der Waals surface area contributed by atoms with E-state index in [0.29, 0.717) is 19.3 Å². The predicted octanol–water partition coefficient (Wildman–Crippen LogP) is 25.7. The van der Waals surface area contributed by atoms with Gasteiger partial charge in [0.05, 0.1) is 0 Å². The fourth-order valence-electron chi connectivity index (χ4n) is 11.6. The molecule has 0 aromatic rings. The van der Waals surface area contributed by atoms with Gasteiger partial charge in [0.1, 0.15) is 13.2 Å². The molecule has 0 aliphatic heterocycles. The molecule has 6 nitrogen and oxygen atoms in total. The summed E-state index contributed by atoms with van der Waals surface area (Å²) < 4.78 is 17.0. The molecule has 0 saturated carbocycles. The zero-order valence-corrected chi connectivity index (χ0v) is 55.8. The number of esters is 3. The van der Waals surface area contributed by atoms with Gasteiger partial charge >= 0.3 is 17.9 Å². The highest BCUT2D eigenvalue weighted by Crippen LogP contribution is 2.19. The number of allylic oxidation sites excluding steroid dienone is 4. The molecule has 0 saturated heterocycles. The third-order valence-corrected chi connectivity index (χ3v) is 17.2. The Bertz CT molecular complexity index is 1320. The van der Waals surface area contributed by atoms with Crippen LogP contribution in [0.1, 0.15) is 425 Å². The van der Waals surface area contributed by atoms with Gasteiger partial charge < -0.3 is 14.2 Å². The molecule has 0 bridgehead atoms. The van der Waals surface area contributed by atoms with Gasteiger partial charge in [0.15, 0.2) is 6.10 Å². The molecule has 0 heterocycles. The third kappa shape index (κ3) is 68.7.